The summed E-state index contributed by atoms with van der Waals surface area (Å²) in [5, 5.41) is 8.23. The first-order chi connectivity index (χ1) is 14.7. The Kier molecular flexibility index (Phi) is 4.32. The van der Waals surface area contributed by atoms with Crippen molar-refractivity contribution in [1.29, 1.82) is 0 Å². The Morgan fingerprint density at radius 1 is 1.10 bits per heavy atom. The van der Waals surface area contributed by atoms with E-state index in [0.29, 0.717) is 16.9 Å². The Labute approximate surface area is 171 Å². The second kappa shape index (κ2) is 7.28. The molecule has 0 saturated carbocycles. The number of carbonyl (C=O) groups is 1. The molecule has 0 aliphatic heterocycles. The molecule has 0 aliphatic carbocycles. The molecule has 9 heteroatoms. The molecule has 0 radical (unpaired) electrons. The zero-order valence-electron chi connectivity index (χ0n) is 16.1. The minimum Gasteiger partial charge on any atom is -0.468 e. The minimum absolute atomic E-state index is 0.0145. The number of esters is 1. The van der Waals surface area contributed by atoms with Crippen LogP contribution in [0, 0.1) is 0 Å². The quantitative estimate of drug-likeness (QED) is 0.453. The third kappa shape index (κ3) is 3.12. The van der Waals surface area contributed by atoms with Crippen molar-refractivity contribution in [3.05, 3.63) is 67.4 Å². The van der Waals surface area contributed by atoms with Crippen LogP contribution in [-0.4, -0.2) is 42.4 Å². The molecule has 5 aromatic rings. The fourth-order valence-electron chi connectivity index (χ4n) is 3.32. The van der Waals surface area contributed by atoms with E-state index in [4.69, 9.17) is 4.74 Å². The first-order valence-corrected chi connectivity index (χ1v) is 9.26. The molecule has 2 aromatic carbocycles. The molecule has 0 saturated heterocycles. The van der Waals surface area contributed by atoms with Gasteiger partial charge in [-0.2, -0.15) is 5.10 Å². The molecule has 148 valence electrons. The number of rotatable bonds is 5. The number of anilines is 2. The van der Waals surface area contributed by atoms with Gasteiger partial charge in [0.2, 0.25) is 0 Å². The fraction of sp³-hybridized carbons (Fsp3) is 0.0952. The number of fused-ring (bicyclic) bond motifs is 2. The third-order valence-electron chi connectivity index (χ3n) is 4.78. The molecule has 3 heterocycles. The van der Waals surface area contributed by atoms with Crippen LogP contribution in [-0.2, 0) is 16.1 Å². The molecule has 5 rings (SSSR count). The number of nitrogens with zero attached hydrogens (tertiary/aromatic N) is 6. The topological polar surface area (TPSA) is 99.8 Å². The van der Waals surface area contributed by atoms with Crippen LogP contribution in [0.15, 0.2) is 67.4 Å². The molecular weight excluding hydrogens is 382 g/mol. The van der Waals surface area contributed by atoms with Gasteiger partial charge in [-0.25, -0.2) is 19.6 Å². The van der Waals surface area contributed by atoms with Crippen molar-refractivity contribution in [2.24, 2.45) is 0 Å². The van der Waals surface area contributed by atoms with E-state index in [9.17, 15) is 4.79 Å². The predicted molar refractivity (Wildman–Crippen MR) is 112 cm³/mol. The van der Waals surface area contributed by atoms with Crippen LogP contribution in [0.5, 0.6) is 0 Å². The summed E-state index contributed by atoms with van der Waals surface area (Å²) in [7, 11) is 1.34. The Balaban J connectivity index is 1.47. The molecular formula is C21H17N7O2. The van der Waals surface area contributed by atoms with E-state index in [-0.39, 0.29) is 6.54 Å². The average Bonchev–Trinajstić information content (AvgIpc) is 3.39. The van der Waals surface area contributed by atoms with Crippen LogP contribution in [0.2, 0.25) is 0 Å². The highest BCUT2D eigenvalue weighted by molar-refractivity contribution is 5.90. The Hall–Kier alpha value is -4.27. The van der Waals surface area contributed by atoms with Gasteiger partial charge in [-0.3, -0.25) is 9.36 Å². The molecule has 0 amide bonds. The molecule has 0 bridgehead atoms. The molecule has 0 fully saturated rings. The lowest BCUT2D eigenvalue weighted by molar-refractivity contribution is -0.141. The molecule has 0 unspecified atom stereocenters. The standard InChI is InChI=1S/C21H17N7O2/c1-30-19(29)11-28-21-16(10-25-28)20(22-12-23-21)26-14-7-8-18-17(9-14)24-13-27(18)15-5-3-2-4-6-15/h2-10,12-13H,11H2,1H3,(H,22,23,26). The summed E-state index contributed by atoms with van der Waals surface area (Å²) in [4.78, 5) is 24.7. The van der Waals surface area contributed by atoms with E-state index in [0.717, 1.165) is 22.4 Å². The molecule has 0 aliphatic rings. The Bertz CT molecular complexity index is 1360. The highest BCUT2D eigenvalue weighted by Gasteiger charge is 2.13. The van der Waals surface area contributed by atoms with Gasteiger partial charge in [-0.15, -0.1) is 0 Å². The third-order valence-corrected chi connectivity index (χ3v) is 4.78. The zero-order valence-corrected chi connectivity index (χ0v) is 16.1. The maximum atomic E-state index is 11.6. The fourth-order valence-corrected chi connectivity index (χ4v) is 3.32. The summed E-state index contributed by atoms with van der Waals surface area (Å²) in [6.45, 7) is -0.0145. The number of nitrogens with one attached hydrogen (secondary N) is 1. The first kappa shape index (κ1) is 17.8. The summed E-state index contributed by atoms with van der Waals surface area (Å²) in [5.41, 5.74) is 4.30. The van der Waals surface area contributed by atoms with E-state index >= 15 is 0 Å². The van der Waals surface area contributed by atoms with Gasteiger partial charge in [0.1, 0.15) is 25.0 Å². The molecule has 30 heavy (non-hydrogen) atoms. The van der Waals surface area contributed by atoms with Crippen molar-refractivity contribution in [1.82, 2.24) is 29.3 Å². The number of aromatic nitrogens is 6. The van der Waals surface area contributed by atoms with Crippen molar-refractivity contribution in [2.45, 2.75) is 6.54 Å². The summed E-state index contributed by atoms with van der Waals surface area (Å²) < 4.78 is 8.23. The lowest BCUT2D eigenvalue weighted by Gasteiger charge is -2.08. The molecule has 0 spiro atoms. The van der Waals surface area contributed by atoms with Crippen molar-refractivity contribution in [3.8, 4) is 5.69 Å². The molecule has 0 atom stereocenters. The van der Waals surface area contributed by atoms with Crippen molar-refractivity contribution in [3.63, 3.8) is 0 Å². The summed E-state index contributed by atoms with van der Waals surface area (Å²) in [6.07, 6.45) is 4.87. The maximum absolute atomic E-state index is 11.6. The van der Waals surface area contributed by atoms with E-state index in [2.05, 4.69) is 25.4 Å². The highest BCUT2D eigenvalue weighted by Crippen LogP contribution is 2.26. The van der Waals surface area contributed by atoms with Crippen LogP contribution in [0.3, 0.4) is 0 Å². The van der Waals surface area contributed by atoms with Gasteiger partial charge in [0.25, 0.3) is 0 Å². The largest absolute Gasteiger partial charge is 0.468 e. The van der Waals surface area contributed by atoms with E-state index < -0.39 is 5.97 Å². The number of para-hydroxylation sites is 1. The van der Waals surface area contributed by atoms with Gasteiger partial charge in [0.15, 0.2) is 5.65 Å². The SMILES string of the molecule is COC(=O)Cn1ncc2c(Nc3ccc4c(c3)ncn4-c3ccccc3)ncnc21. The van der Waals surface area contributed by atoms with E-state index in [1.165, 1.54) is 18.1 Å². The Morgan fingerprint density at radius 2 is 1.97 bits per heavy atom. The van der Waals surface area contributed by atoms with Crippen molar-refractivity contribution < 1.29 is 9.53 Å². The van der Waals surface area contributed by atoms with Crippen LogP contribution in [0.25, 0.3) is 27.8 Å². The lowest BCUT2D eigenvalue weighted by atomic mass is 10.2. The number of benzene rings is 2. The van der Waals surface area contributed by atoms with Crippen molar-refractivity contribution >= 4 is 39.5 Å². The van der Waals surface area contributed by atoms with Gasteiger partial charge in [-0.1, -0.05) is 18.2 Å². The highest BCUT2D eigenvalue weighted by atomic mass is 16.5. The lowest BCUT2D eigenvalue weighted by Crippen LogP contribution is -2.13. The summed E-state index contributed by atoms with van der Waals surface area (Å²) in [6, 6.07) is 16.0. The zero-order chi connectivity index (χ0) is 20.5. The summed E-state index contributed by atoms with van der Waals surface area (Å²) >= 11 is 0. The predicted octanol–water partition coefficient (Wildman–Crippen LogP) is 3.08. The molecule has 1 N–H and O–H groups in total. The molecule has 9 nitrogen and oxygen atoms in total. The van der Waals surface area contributed by atoms with Crippen molar-refractivity contribution in [2.75, 3.05) is 12.4 Å². The van der Waals surface area contributed by atoms with E-state index in [1.807, 2.05) is 59.4 Å². The van der Waals surface area contributed by atoms with Gasteiger partial charge in [-0.05, 0) is 30.3 Å². The Morgan fingerprint density at radius 3 is 2.80 bits per heavy atom. The maximum Gasteiger partial charge on any atom is 0.327 e. The van der Waals surface area contributed by atoms with Crippen LogP contribution < -0.4 is 5.32 Å². The van der Waals surface area contributed by atoms with Gasteiger partial charge >= 0.3 is 5.97 Å². The average molecular weight is 399 g/mol. The van der Waals surface area contributed by atoms with Gasteiger partial charge < -0.3 is 10.1 Å². The van der Waals surface area contributed by atoms with Gasteiger partial charge in [0.05, 0.1) is 29.7 Å². The van der Waals surface area contributed by atoms with Crippen LogP contribution in [0.4, 0.5) is 11.5 Å². The number of methoxy groups -OCH3 is 1. The first-order valence-electron chi connectivity index (χ1n) is 9.26. The van der Waals surface area contributed by atoms with Gasteiger partial charge in [0, 0.05) is 11.4 Å². The number of imidazole rings is 1. The number of ether oxygens (including phenoxy) is 1. The number of hydrogen-bond acceptors (Lipinski definition) is 7. The second-order valence-corrected chi connectivity index (χ2v) is 6.62. The smallest absolute Gasteiger partial charge is 0.327 e. The summed E-state index contributed by atoms with van der Waals surface area (Å²) in [5.74, 6) is 0.200. The normalized spacial score (nSPS) is 11.1. The second-order valence-electron chi connectivity index (χ2n) is 6.62. The number of hydrogen-bond donors (Lipinski definition) is 1. The van der Waals surface area contributed by atoms with Crippen LogP contribution >= 0.6 is 0 Å². The van der Waals surface area contributed by atoms with Crippen LogP contribution in [0.1, 0.15) is 0 Å². The minimum atomic E-state index is -0.396. The van der Waals surface area contributed by atoms with E-state index in [1.54, 1.807) is 6.20 Å². The molecule has 3 aromatic heterocycles. The number of carbonyl (C=O) groups excluding carboxylic acids is 1. The monoisotopic (exact) mass is 399 g/mol.